The Labute approximate surface area is 173 Å². The fourth-order valence-electron chi connectivity index (χ4n) is 2.86. The number of hydrogen-bond acceptors (Lipinski definition) is 6. The molecule has 0 spiro atoms. The molecule has 2 aliphatic heterocycles. The SMILES string of the molecule is CN=C(NCCS(=O)(=O)NCC1CCCCO1)NC1CCS(=O)(=O)C1.I. The standard InChI is InChI=1S/C14H28N4O5S2.HI/c1-15-14(18-12-5-8-24(19,20)11-12)16-6-9-25(21,22)17-10-13-4-2-3-7-23-13;/h12-13,17H,2-11H2,1H3,(H2,15,16,18);1H. The van der Waals surface area contributed by atoms with Crippen LogP contribution in [0, 0.1) is 0 Å². The summed E-state index contributed by atoms with van der Waals surface area (Å²) in [5.41, 5.74) is 0. The number of aliphatic imine (C=N–C) groups is 1. The summed E-state index contributed by atoms with van der Waals surface area (Å²) in [4.78, 5) is 4.00. The average molecular weight is 524 g/mol. The van der Waals surface area contributed by atoms with Gasteiger partial charge in [0.1, 0.15) is 0 Å². The Morgan fingerprint density at radius 3 is 2.62 bits per heavy atom. The molecule has 2 unspecified atom stereocenters. The minimum Gasteiger partial charge on any atom is -0.377 e. The van der Waals surface area contributed by atoms with Gasteiger partial charge in [-0.1, -0.05) is 0 Å². The number of rotatable bonds is 7. The minimum atomic E-state index is -3.40. The maximum Gasteiger partial charge on any atom is 0.213 e. The fraction of sp³-hybridized carbons (Fsp3) is 0.929. The van der Waals surface area contributed by atoms with E-state index in [1.54, 1.807) is 7.05 Å². The van der Waals surface area contributed by atoms with E-state index >= 15 is 0 Å². The molecule has 2 atom stereocenters. The lowest BCUT2D eigenvalue weighted by molar-refractivity contribution is 0.0200. The molecule has 0 aromatic carbocycles. The van der Waals surface area contributed by atoms with Crippen LogP contribution in [0.1, 0.15) is 25.7 Å². The summed E-state index contributed by atoms with van der Waals surface area (Å²) < 4.78 is 55.0. The second kappa shape index (κ2) is 11.0. The molecule has 2 rings (SSSR count). The number of ether oxygens (including phenoxy) is 1. The Kier molecular flexibility index (Phi) is 10.1. The molecule has 2 heterocycles. The molecule has 12 heteroatoms. The van der Waals surface area contributed by atoms with Crippen LogP contribution in [-0.4, -0.2) is 78.9 Å². The zero-order chi connectivity index (χ0) is 18.3. The quantitative estimate of drug-likeness (QED) is 0.232. The van der Waals surface area contributed by atoms with Crippen LogP contribution in [0.4, 0.5) is 0 Å². The smallest absolute Gasteiger partial charge is 0.213 e. The molecule has 26 heavy (non-hydrogen) atoms. The first-order valence-electron chi connectivity index (χ1n) is 8.56. The highest BCUT2D eigenvalue weighted by molar-refractivity contribution is 14.0. The molecule has 0 saturated carbocycles. The first-order chi connectivity index (χ1) is 11.8. The van der Waals surface area contributed by atoms with Crippen LogP contribution in [-0.2, 0) is 24.6 Å². The van der Waals surface area contributed by atoms with E-state index < -0.39 is 19.9 Å². The monoisotopic (exact) mass is 524 g/mol. The van der Waals surface area contributed by atoms with Crippen molar-refractivity contribution in [3.05, 3.63) is 0 Å². The Morgan fingerprint density at radius 2 is 2.04 bits per heavy atom. The van der Waals surface area contributed by atoms with Crippen molar-refractivity contribution in [2.24, 2.45) is 4.99 Å². The van der Waals surface area contributed by atoms with E-state index in [1.807, 2.05) is 0 Å². The van der Waals surface area contributed by atoms with Gasteiger partial charge < -0.3 is 15.4 Å². The maximum absolute atomic E-state index is 12.0. The maximum atomic E-state index is 12.0. The number of hydrogen-bond donors (Lipinski definition) is 3. The van der Waals surface area contributed by atoms with E-state index in [2.05, 4.69) is 20.3 Å². The van der Waals surface area contributed by atoms with E-state index in [1.165, 1.54) is 0 Å². The summed E-state index contributed by atoms with van der Waals surface area (Å²) in [6.45, 7) is 1.17. The second-order valence-corrected chi connectivity index (χ2v) is 10.6. The fourth-order valence-corrected chi connectivity index (χ4v) is 5.49. The highest BCUT2D eigenvalue weighted by atomic mass is 127. The predicted molar refractivity (Wildman–Crippen MR) is 112 cm³/mol. The molecule has 2 saturated heterocycles. The first kappa shape index (κ1) is 23.9. The molecule has 0 aromatic rings. The van der Waals surface area contributed by atoms with Crippen molar-refractivity contribution in [1.29, 1.82) is 0 Å². The number of nitrogens with one attached hydrogen (secondary N) is 3. The van der Waals surface area contributed by atoms with E-state index in [4.69, 9.17) is 4.74 Å². The Bertz CT molecular complexity index is 663. The molecule has 3 N–H and O–H groups in total. The van der Waals surface area contributed by atoms with Crippen molar-refractivity contribution < 1.29 is 21.6 Å². The highest BCUT2D eigenvalue weighted by Gasteiger charge is 2.28. The third-order valence-corrected chi connectivity index (χ3v) is 7.38. The Balaban J connectivity index is 0.00000338. The van der Waals surface area contributed by atoms with Crippen molar-refractivity contribution >= 4 is 49.8 Å². The minimum absolute atomic E-state index is 0. The van der Waals surface area contributed by atoms with Gasteiger partial charge in [-0.3, -0.25) is 4.99 Å². The molecule has 154 valence electrons. The van der Waals surface area contributed by atoms with E-state index in [0.717, 1.165) is 19.3 Å². The molecule has 0 bridgehead atoms. The van der Waals surface area contributed by atoms with Gasteiger partial charge in [0.25, 0.3) is 0 Å². The second-order valence-electron chi connectivity index (χ2n) is 6.40. The summed E-state index contributed by atoms with van der Waals surface area (Å²) in [5.74, 6) is 0.564. The summed E-state index contributed by atoms with van der Waals surface area (Å²) in [5, 5.41) is 5.93. The van der Waals surface area contributed by atoms with Crippen LogP contribution >= 0.6 is 24.0 Å². The first-order valence-corrected chi connectivity index (χ1v) is 12.0. The van der Waals surface area contributed by atoms with Crippen molar-refractivity contribution in [2.75, 3.05) is 44.0 Å². The van der Waals surface area contributed by atoms with Gasteiger partial charge in [0.2, 0.25) is 10.0 Å². The zero-order valence-electron chi connectivity index (χ0n) is 14.9. The molecule has 0 aromatic heterocycles. The van der Waals surface area contributed by atoms with Gasteiger partial charge in [0.05, 0.1) is 23.4 Å². The zero-order valence-corrected chi connectivity index (χ0v) is 18.9. The Morgan fingerprint density at radius 1 is 1.27 bits per heavy atom. The topological polar surface area (TPSA) is 126 Å². The summed E-state index contributed by atoms with van der Waals surface area (Å²) in [7, 11) is -4.81. The van der Waals surface area contributed by atoms with Crippen LogP contribution in [0.5, 0.6) is 0 Å². The normalized spacial score (nSPS) is 26.1. The third kappa shape index (κ3) is 8.67. The molecule has 9 nitrogen and oxygen atoms in total. The lowest BCUT2D eigenvalue weighted by Crippen LogP contribution is -2.46. The summed E-state index contributed by atoms with van der Waals surface area (Å²) in [6, 6.07) is -0.186. The molecule has 0 amide bonds. The van der Waals surface area contributed by atoms with Crippen LogP contribution < -0.4 is 15.4 Å². The number of guanidine groups is 1. The highest BCUT2D eigenvalue weighted by Crippen LogP contribution is 2.12. The summed E-state index contributed by atoms with van der Waals surface area (Å²) in [6.07, 6.45) is 3.45. The van der Waals surface area contributed by atoms with Crippen LogP contribution in [0.25, 0.3) is 0 Å². The van der Waals surface area contributed by atoms with E-state index in [9.17, 15) is 16.8 Å². The molecule has 2 fully saturated rings. The number of halogens is 1. The molecular formula is C14H29IN4O5S2. The van der Waals surface area contributed by atoms with Crippen molar-refractivity contribution in [3.8, 4) is 0 Å². The molecular weight excluding hydrogens is 495 g/mol. The summed E-state index contributed by atoms with van der Waals surface area (Å²) >= 11 is 0. The predicted octanol–water partition coefficient (Wildman–Crippen LogP) is -0.555. The van der Waals surface area contributed by atoms with Crippen molar-refractivity contribution in [1.82, 2.24) is 15.4 Å². The lowest BCUT2D eigenvalue weighted by Gasteiger charge is -2.22. The van der Waals surface area contributed by atoms with Crippen LogP contribution in [0.15, 0.2) is 4.99 Å². The largest absolute Gasteiger partial charge is 0.377 e. The number of sulfone groups is 1. The van der Waals surface area contributed by atoms with Crippen molar-refractivity contribution in [2.45, 2.75) is 37.8 Å². The number of sulfonamides is 1. The van der Waals surface area contributed by atoms with Gasteiger partial charge in [-0.25, -0.2) is 21.6 Å². The molecule has 2 aliphatic rings. The lowest BCUT2D eigenvalue weighted by atomic mass is 10.1. The van der Waals surface area contributed by atoms with Gasteiger partial charge in [-0.05, 0) is 25.7 Å². The third-order valence-electron chi connectivity index (χ3n) is 4.27. The molecule has 0 radical (unpaired) electrons. The van der Waals surface area contributed by atoms with Gasteiger partial charge in [0.15, 0.2) is 15.8 Å². The van der Waals surface area contributed by atoms with Crippen LogP contribution in [0.3, 0.4) is 0 Å². The van der Waals surface area contributed by atoms with Crippen molar-refractivity contribution in [3.63, 3.8) is 0 Å². The van der Waals surface area contributed by atoms with E-state index in [-0.39, 0.29) is 59.9 Å². The van der Waals surface area contributed by atoms with Gasteiger partial charge in [-0.2, -0.15) is 0 Å². The average Bonchev–Trinajstić information content (AvgIpc) is 2.91. The van der Waals surface area contributed by atoms with E-state index in [0.29, 0.717) is 25.5 Å². The van der Waals surface area contributed by atoms with Crippen LogP contribution in [0.2, 0.25) is 0 Å². The van der Waals surface area contributed by atoms with Gasteiger partial charge >= 0.3 is 0 Å². The molecule has 0 aliphatic carbocycles. The number of nitrogens with zero attached hydrogens (tertiary/aromatic N) is 1. The Hall–Kier alpha value is -0.180. The van der Waals surface area contributed by atoms with Gasteiger partial charge in [0, 0.05) is 32.8 Å². The van der Waals surface area contributed by atoms with Gasteiger partial charge in [-0.15, -0.1) is 24.0 Å².